The van der Waals surface area contributed by atoms with Gasteiger partial charge in [-0.2, -0.15) is 5.10 Å². The monoisotopic (exact) mass is 313 g/mol. The molecule has 23 heavy (non-hydrogen) atoms. The maximum atomic E-state index is 12.3. The minimum Gasteiger partial charge on any atom is -0.496 e. The largest absolute Gasteiger partial charge is 0.496 e. The number of rotatable bonds is 5. The quantitative estimate of drug-likeness (QED) is 0.918. The van der Waals surface area contributed by atoms with Gasteiger partial charge in [0.05, 0.1) is 13.7 Å². The van der Waals surface area contributed by atoms with Crippen molar-refractivity contribution in [3.63, 3.8) is 0 Å². The van der Waals surface area contributed by atoms with E-state index in [2.05, 4.69) is 22.5 Å². The van der Waals surface area contributed by atoms with Gasteiger partial charge in [-0.25, -0.2) is 4.68 Å². The summed E-state index contributed by atoms with van der Waals surface area (Å²) in [4.78, 5) is 12.3. The highest BCUT2D eigenvalue weighted by Crippen LogP contribution is 2.41. The number of nitrogens with one attached hydrogen (secondary N) is 1. The van der Waals surface area contributed by atoms with Gasteiger partial charge in [0.25, 0.3) is 5.91 Å². The van der Waals surface area contributed by atoms with Gasteiger partial charge < -0.3 is 14.8 Å². The van der Waals surface area contributed by atoms with Crippen LogP contribution in [0.4, 0.5) is 0 Å². The molecule has 4 rings (SSSR count). The Hall–Kier alpha value is -2.50. The van der Waals surface area contributed by atoms with Gasteiger partial charge >= 0.3 is 0 Å². The molecule has 1 saturated carbocycles. The van der Waals surface area contributed by atoms with Gasteiger partial charge in [-0.05, 0) is 30.4 Å². The van der Waals surface area contributed by atoms with Crippen molar-refractivity contribution in [2.75, 3.05) is 13.7 Å². The van der Waals surface area contributed by atoms with E-state index in [0.29, 0.717) is 37.2 Å². The number of amides is 1. The van der Waals surface area contributed by atoms with Gasteiger partial charge in [0.15, 0.2) is 5.69 Å². The van der Waals surface area contributed by atoms with Gasteiger partial charge in [-0.15, -0.1) is 0 Å². The average molecular weight is 313 g/mol. The molecule has 0 radical (unpaired) electrons. The number of hydrogen-bond donors (Lipinski definition) is 1. The second kappa shape index (κ2) is 5.61. The molecule has 2 aliphatic rings. The lowest BCUT2D eigenvalue weighted by Crippen LogP contribution is -2.24. The standard InChI is InChI=1S/C17H19N3O3/c1-22-15-5-4-12(11-2-3-11)8-13(15)10-18-17(21)14-9-16-20(19-14)6-7-23-16/h4-5,8-9,11H,2-3,6-7,10H2,1H3,(H,18,21). The minimum absolute atomic E-state index is 0.200. The molecule has 0 atom stereocenters. The Kier molecular flexibility index (Phi) is 3.44. The van der Waals surface area contributed by atoms with Crippen LogP contribution in [0.5, 0.6) is 11.6 Å². The molecule has 0 spiro atoms. The molecule has 2 heterocycles. The fraction of sp³-hybridized carbons (Fsp3) is 0.412. The van der Waals surface area contributed by atoms with Crippen molar-refractivity contribution in [3.8, 4) is 11.6 Å². The zero-order valence-electron chi connectivity index (χ0n) is 13.0. The number of nitrogens with zero attached hydrogens (tertiary/aromatic N) is 2. The van der Waals surface area contributed by atoms with E-state index >= 15 is 0 Å². The number of carbonyl (C=O) groups is 1. The van der Waals surface area contributed by atoms with Crippen molar-refractivity contribution in [2.45, 2.75) is 31.8 Å². The van der Waals surface area contributed by atoms with Gasteiger partial charge in [-0.3, -0.25) is 4.79 Å². The molecular weight excluding hydrogens is 294 g/mol. The van der Waals surface area contributed by atoms with Crippen LogP contribution in [0, 0.1) is 0 Å². The third kappa shape index (κ3) is 2.76. The minimum atomic E-state index is -0.200. The summed E-state index contributed by atoms with van der Waals surface area (Å²) < 4.78 is 12.5. The van der Waals surface area contributed by atoms with Crippen LogP contribution in [-0.4, -0.2) is 29.4 Å². The first-order chi connectivity index (χ1) is 11.2. The lowest BCUT2D eigenvalue weighted by Gasteiger charge is -2.11. The van der Waals surface area contributed by atoms with E-state index in [4.69, 9.17) is 9.47 Å². The van der Waals surface area contributed by atoms with Crippen LogP contribution in [0.25, 0.3) is 0 Å². The average Bonchev–Trinajstić information content (AvgIpc) is 3.19. The van der Waals surface area contributed by atoms with E-state index in [1.54, 1.807) is 17.9 Å². The highest BCUT2D eigenvalue weighted by molar-refractivity contribution is 5.92. The van der Waals surface area contributed by atoms with Crippen LogP contribution in [0.15, 0.2) is 24.3 Å². The Balaban J connectivity index is 1.47. The second-order valence-electron chi connectivity index (χ2n) is 5.97. The summed E-state index contributed by atoms with van der Waals surface area (Å²) >= 11 is 0. The number of hydrogen-bond acceptors (Lipinski definition) is 4. The van der Waals surface area contributed by atoms with Gasteiger partial charge in [0, 0.05) is 18.2 Å². The van der Waals surface area contributed by atoms with Crippen LogP contribution in [0.1, 0.15) is 40.4 Å². The molecule has 1 aromatic carbocycles. The Labute approximate surface area is 134 Å². The number of aromatic nitrogens is 2. The Morgan fingerprint density at radius 1 is 1.43 bits per heavy atom. The van der Waals surface area contributed by atoms with Crippen LogP contribution in [-0.2, 0) is 13.1 Å². The predicted octanol–water partition coefficient (Wildman–Crippen LogP) is 2.09. The van der Waals surface area contributed by atoms with E-state index in [1.165, 1.54) is 18.4 Å². The Morgan fingerprint density at radius 3 is 3.04 bits per heavy atom. The molecule has 120 valence electrons. The highest BCUT2D eigenvalue weighted by Gasteiger charge is 2.24. The summed E-state index contributed by atoms with van der Waals surface area (Å²) in [5.41, 5.74) is 2.70. The lowest BCUT2D eigenvalue weighted by molar-refractivity contribution is 0.0944. The first-order valence-corrected chi connectivity index (χ1v) is 7.90. The molecule has 1 fully saturated rings. The molecule has 1 aliphatic heterocycles. The van der Waals surface area contributed by atoms with Crippen LogP contribution < -0.4 is 14.8 Å². The van der Waals surface area contributed by atoms with Crippen LogP contribution >= 0.6 is 0 Å². The molecule has 1 aliphatic carbocycles. The molecular formula is C17H19N3O3. The fourth-order valence-corrected chi connectivity index (χ4v) is 2.90. The third-order valence-corrected chi connectivity index (χ3v) is 4.32. The van der Waals surface area contributed by atoms with Gasteiger partial charge in [0.1, 0.15) is 12.4 Å². The number of benzene rings is 1. The summed E-state index contributed by atoms with van der Waals surface area (Å²) in [6.45, 7) is 1.74. The Morgan fingerprint density at radius 2 is 2.30 bits per heavy atom. The highest BCUT2D eigenvalue weighted by atomic mass is 16.5. The van der Waals surface area contributed by atoms with Gasteiger partial charge in [0.2, 0.25) is 5.88 Å². The van der Waals surface area contributed by atoms with E-state index in [1.807, 2.05) is 6.07 Å². The smallest absolute Gasteiger partial charge is 0.272 e. The SMILES string of the molecule is COc1ccc(C2CC2)cc1CNC(=O)c1cc2n(n1)CCO2. The summed E-state index contributed by atoms with van der Waals surface area (Å²) in [7, 11) is 1.65. The maximum absolute atomic E-state index is 12.3. The molecule has 6 heteroatoms. The summed E-state index contributed by atoms with van der Waals surface area (Å²) in [5.74, 6) is 1.92. The summed E-state index contributed by atoms with van der Waals surface area (Å²) in [6.07, 6.45) is 2.50. The third-order valence-electron chi connectivity index (χ3n) is 4.32. The molecule has 0 bridgehead atoms. The number of ether oxygens (including phenoxy) is 2. The first kappa shape index (κ1) is 14.1. The van der Waals surface area contributed by atoms with Crippen molar-refractivity contribution in [1.82, 2.24) is 15.1 Å². The van der Waals surface area contributed by atoms with E-state index < -0.39 is 0 Å². The predicted molar refractivity (Wildman–Crippen MR) is 83.9 cm³/mol. The Bertz CT molecular complexity index is 728. The number of fused-ring (bicyclic) bond motifs is 1. The summed E-state index contributed by atoms with van der Waals surface area (Å²) in [6, 6.07) is 7.90. The van der Waals surface area contributed by atoms with Crippen molar-refractivity contribution >= 4 is 5.91 Å². The molecule has 1 N–H and O–H groups in total. The fourth-order valence-electron chi connectivity index (χ4n) is 2.90. The first-order valence-electron chi connectivity index (χ1n) is 7.90. The molecule has 2 aromatic rings. The summed E-state index contributed by atoms with van der Waals surface area (Å²) in [5, 5.41) is 7.16. The van der Waals surface area contributed by atoms with Crippen molar-refractivity contribution in [1.29, 1.82) is 0 Å². The molecule has 0 unspecified atom stereocenters. The van der Waals surface area contributed by atoms with E-state index in [-0.39, 0.29) is 5.91 Å². The van der Waals surface area contributed by atoms with Gasteiger partial charge in [-0.1, -0.05) is 12.1 Å². The zero-order valence-corrected chi connectivity index (χ0v) is 13.0. The van der Waals surface area contributed by atoms with Crippen LogP contribution in [0.2, 0.25) is 0 Å². The number of methoxy groups -OCH3 is 1. The van der Waals surface area contributed by atoms with E-state index in [9.17, 15) is 4.79 Å². The maximum Gasteiger partial charge on any atom is 0.272 e. The van der Waals surface area contributed by atoms with Crippen LogP contribution in [0.3, 0.4) is 0 Å². The van der Waals surface area contributed by atoms with E-state index in [0.717, 1.165) is 11.3 Å². The zero-order chi connectivity index (χ0) is 15.8. The second-order valence-corrected chi connectivity index (χ2v) is 5.97. The normalized spacial score (nSPS) is 15.9. The topological polar surface area (TPSA) is 65.4 Å². The lowest BCUT2D eigenvalue weighted by atomic mass is 10.1. The van der Waals surface area contributed by atoms with Crippen molar-refractivity contribution in [3.05, 3.63) is 41.1 Å². The van der Waals surface area contributed by atoms with Crippen molar-refractivity contribution < 1.29 is 14.3 Å². The molecule has 1 aromatic heterocycles. The number of carbonyl (C=O) groups excluding carboxylic acids is 1. The molecule has 0 saturated heterocycles. The van der Waals surface area contributed by atoms with Crippen molar-refractivity contribution in [2.24, 2.45) is 0 Å². The molecule has 6 nitrogen and oxygen atoms in total. The molecule has 1 amide bonds.